The van der Waals surface area contributed by atoms with Crippen LogP contribution in [0.15, 0.2) is 94.6 Å². The van der Waals surface area contributed by atoms with E-state index in [4.69, 9.17) is 23.7 Å². The molecular formula is C35H34F3N3O10. The van der Waals surface area contributed by atoms with Crippen LogP contribution in [0.1, 0.15) is 28.5 Å². The Hall–Kier alpha value is -5.45. The van der Waals surface area contributed by atoms with Crippen molar-refractivity contribution in [2.75, 3.05) is 27.9 Å². The van der Waals surface area contributed by atoms with E-state index in [1.807, 2.05) is 4.98 Å². The lowest BCUT2D eigenvalue weighted by Gasteiger charge is -2.39. The quantitative estimate of drug-likeness (QED) is 0.155. The molecule has 270 valence electrons. The number of nitrogens with one attached hydrogen (secondary N) is 2. The molecule has 1 aliphatic rings. The molecule has 1 aromatic heterocycles. The number of hydrogen-bond donors (Lipinski definition) is 3. The maximum atomic E-state index is 13.8. The zero-order chi connectivity index (χ0) is 37.1. The number of aromatic nitrogens is 2. The van der Waals surface area contributed by atoms with Gasteiger partial charge in [-0.3, -0.25) is 19.1 Å². The van der Waals surface area contributed by atoms with Crippen molar-refractivity contribution in [3.8, 4) is 11.5 Å². The minimum atomic E-state index is -5.44. The molecular weight excluding hydrogens is 679 g/mol. The summed E-state index contributed by atoms with van der Waals surface area (Å²) < 4.78 is 69.9. The summed E-state index contributed by atoms with van der Waals surface area (Å²) in [5.41, 5.74) is -4.85. The second-order valence-corrected chi connectivity index (χ2v) is 11.6. The summed E-state index contributed by atoms with van der Waals surface area (Å²) in [4.78, 5) is 53.1. The number of H-pyrrole nitrogens is 1. The maximum Gasteiger partial charge on any atom is 0.471 e. The number of amides is 1. The van der Waals surface area contributed by atoms with Gasteiger partial charge in [0, 0.05) is 11.8 Å². The van der Waals surface area contributed by atoms with Crippen molar-refractivity contribution in [3.05, 3.63) is 128 Å². The first-order chi connectivity index (χ1) is 24.2. The zero-order valence-electron chi connectivity index (χ0n) is 27.7. The Kier molecular flexibility index (Phi) is 10.4. The van der Waals surface area contributed by atoms with E-state index in [1.54, 1.807) is 84.2 Å². The fourth-order valence-electron chi connectivity index (χ4n) is 6.00. The summed E-state index contributed by atoms with van der Waals surface area (Å²) in [6.07, 6.45) is -8.78. The third-order valence-electron chi connectivity index (χ3n) is 8.64. The first-order valence-corrected chi connectivity index (χ1v) is 15.3. The number of aryl methyl sites for hydroxylation is 1. The van der Waals surface area contributed by atoms with Crippen LogP contribution in [0.5, 0.6) is 11.5 Å². The summed E-state index contributed by atoms with van der Waals surface area (Å²) in [5.74, 6) is -2.79. The highest BCUT2D eigenvalue weighted by molar-refractivity contribution is 5.84. The number of esters is 1. The van der Waals surface area contributed by atoms with Gasteiger partial charge in [-0.05, 0) is 47.9 Å². The summed E-state index contributed by atoms with van der Waals surface area (Å²) in [7, 11) is 3.92. The van der Waals surface area contributed by atoms with Crippen molar-refractivity contribution in [1.29, 1.82) is 0 Å². The molecule has 3 aromatic carbocycles. The molecule has 1 aliphatic heterocycles. The number of aliphatic hydroxyl groups is 1. The number of aliphatic hydroxyl groups excluding tert-OH is 1. The highest BCUT2D eigenvalue weighted by Crippen LogP contribution is 2.45. The molecule has 5 rings (SSSR count). The zero-order valence-corrected chi connectivity index (χ0v) is 27.7. The van der Waals surface area contributed by atoms with Crippen LogP contribution in [0.4, 0.5) is 13.2 Å². The average Bonchev–Trinajstić information content (AvgIpc) is 3.41. The Morgan fingerprint density at radius 3 is 1.92 bits per heavy atom. The fourth-order valence-corrected chi connectivity index (χ4v) is 6.00. The van der Waals surface area contributed by atoms with E-state index >= 15 is 0 Å². The Morgan fingerprint density at radius 1 is 0.902 bits per heavy atom. The van der Waals surface area contributed by atoms with Gasteiger partial charge >= 0.3 is 23.7 Å². The number of hydrogen-bond acceptors (Lipinski definition) is 10. The maximum absolute atomic E-state index is 13.8. The van der Waals surface area contributed by atoms with Gasteiger partial charge in [0.25, 0.3) is 5.56 Å². The van der Waals surface area contributed by atoms with Crippen LogP contribution in [0, 0.1) is 6.92 Å². The molecule has 0 aliphatic carbocycles. The summed E-state index contributed by atoms with van der Waals surface area (Å²) in [6.45, 7) is 0.387. The van der Waals surface area contributed by atoms with E-state index in [-0.39, 0.29) is 5.56 Å². The molecule has 2 heterocycles. The van der Waals surface area contributed by atoms with Crippen LogP contribution in [0.25, 0.3) is 0 Å². The molecule has 13 nitrogen and oxygen atoms in total. The monoisotopic (exact) mass is 713 g/mol. The first-order valence-electron chi connectivity index (χ1n) is 15.3. The Morgan fingerprint density at radius 2 is 1.43 bits per heavy atom. The fraction of sp³-hybridized carbons (Fsp3) is 0.314. The number of nitrogens with zero attached hydrogens (tertiary/aromatic N) is 1. The number of carbonyl (C=O) groups is 2. The van der Waals surface area contributed by atoms with E-state index in [1.165, 1.54) is 21.1 Å². The van der Waals surface area contributed by atoms with Gasteiger partial charge < -0.3 is 34.1 Å². The van der Waals surface area contributed by atoms with Gasteiger partial charge in [0.15, 0.2) is 6.23 Å². The number of alkyl halides is 3. The molecule has 3 N–H and O–H groups in total. The van der Waals surface area contributed by atoms with Gasteiger partial charge in [0.2, 0.25) is 5.60 Å². The molecule has 4 aromatic rings. The van der Waals surface area contributed by atoms with Crippen LogP contribution in [0.2, 0.25) is 0 Å². The number of aromatic amines is 1. The normalized spacial score (nSPS) is 20.4. The highest BCUT2D eigenvalue weighted by atomic mass is 19.4. The number of halogens is 3. The van der Waals surface area contributed by atoms with Crippen molar-refractivity contribution < 1.29 is 51.6 Å². The SMILES string of the molecule is COC(=O)[C@]1(COC(c2ccccc2)(c2ccc(OC)cc2)c2ccc(OC)cc2)O[C@@H](n2cc(C)c(=O)[nH]c2=O)[C@H](NC(=O)C(F)(F)F)[C@@H]1O. The van der Waals surface area contributed by atoms with E-state index in [0.717, 1.165) is 13.3 Å². The van der Waals surface area contributed by atoms with Gasteiger partial charge in [-0.2, -0.15) is 13.2 Å². The highest BCUT2D eigenvalue weighted by Gasteiger charge is 2.63. The number of methoxy groups -OCH3 is 3. The Bertz CT molecular complexity index is 1930. The van der Waals surface area contributed by atoms with Gasteiger partial charge in [-0.15, -0.1) is 0 Å². The number of benzene rings is 3. The van der Waals surface area contributed by atoms with Gasteiger partial charge in [-0.1, -0.05) is 54.6 Å². The van der Waals surface area contributed by atoms with Crippen molar-refractivity contribution in [3.63, 3.8) is 0 Å². The van der Waals surface area contributed by atoms with E-state index in [2.05, 4.69) is 0 Å². The molecule has 4 atom stereocenters. The smallest absolute Gasteiger partial charge is 0.471 e. The molecule has 1 saturated heterocycles. The lowest BCUT2D eigenvalue weighted by Crippen LogP contribution is -2.58. The number of rotatable bonds is 11. The molecule has 0 spiro atoms. The van der Waals surface area contributed by atoms with Crippen LogP contribution in [-0.2, 0) is 29.4 Å². The summed E-state index contributed by atoms with van der Waals surface area (Å²) in [6, 6.07) is 20.1. The third-order valence-corrected chi connectivity index (χ3v) is 8.64. The van der Waals surface area contributed by atoms with Crippen molar-refractivity contribution >= 4 is 11.9 Å². The van der Waals surface area contributed by atoms with E-state index < -0.39 is 65.5 Å². The lowest BCUT2D eigenvalue weighted by molar-refractivity contribution is -0.198. The molecule has 0 radical (unpaired) electrons. The average molecular weight is 714 g/mol. The van der Waals surface area contributed by atoms with Crippen molar-refractivity contribution in [1.82, 2.24) is 14.9 Å². The van der Waals surface area contributed by atoms with E-state index in [0.29, 0.717) is 32.8 Å². The van der Waals surface area contributed by atoms with Crippen LogP contribution >= 0.6 is 0 Å². The molecule has 1 fully saturated rings. The second-order valence-electron chi connectivity index (χ2n) is 11.6. The molecule has 0 unspecified atom stereocenters. The minimum Gasteiger partial charge on any atom is -0.497 e. The second kappa shape index (κ2) is 14.4. The molecule has 1 amide bonds. The van der Waals surface area contributed by atoms with Crippen molar-refractivity contribution in [2.45, 2.75) is 42.7 Å². The van der Waals surface area contributed by atoms with Crippen LogP contribution in [-0.4, -0.2) is 78.4 Å². The first kappa shape index (κ1) is 36.8. The molecule has 51 heavy (non-hydrogen) atoms. The summed E-state index contributed by atoms with van der Waals surface area (Å²) >= 11 is 0. The standard InChI is InChI=1S/C35H34F3N3O10/c1-20-18-41(32(46)40-28(20)43)29-26(39-30(44)35(36,37)38)27(42)33(51-29,31(45)49-4)19-50-34(21-8-6-5-7-9-21,22-10-14-24(47-2)15-11-22)23-12-16-25(48-3)17-13-23/h5-18,26-27,29,42H,19H2,1-4H3,(H,39,44)(H,40,43,46)/t26-,27+,29-,33-/m1/s1. The van der Waals surface area contributed by atoms with Crippen LogP contribution < -0.4 is 26.0 Å². The predicted octanol–water partition coefficient (Wildman–Crippen LogP) is 2.72. The topological polar surface area (TPSA) is 167 Å². The van der Waals surface area contributed by atoms with Gasteiger partial charge in [-0.25, -0.2) is 9.59 Å². The summed E-state index contributed by atoms with van der Waals surface area (Å²) in [5, 5.41) is 13.4. The third kappa shape index (κ3) is 6.85. The predicted molar refractivity (Wildman–Crippen MR) is 173 cm³/mol. The van der Waals surface area contributed by atoms with E-state index in [9.17, 15) is 37.5 Å². The largest absolute Gasteiger partial charge is 0.497 e. The number of carbonyl (C=O) groups excluding carboxylic acids is 2. The Labute approximate surface area is 288 Å². The van der Waals surface area contributed by atoms with Crippen LogP contribution in [0.3, 0.4) is 0 Å². The minimum absolute atomic E-state index is 0.0671. The van der Waals surface area contributed by atoms with Gasteiger partial charge in [0.05, 0.1) is 27.9 Å². The van der Waals surface area contributed by atoms with Crippen molar-refractivity contribution in [2.24, 2.45) is 0 Å². The molecule has 16 heteroatoms. The Balaban J connectivity index is 1.72. The number of ether oxygens (including phenoxy) is 5. The lowest BCUT2D eigenvalue weighted by atomic mass is 9.79. The molecule has 0 saturated carbocycles. The van der Waals surface area contributed by atoms with Gasteiger partial charge in [0.1, 0.15) is 29.2 Å². The molecule has 0 bridgehead atoms.